The molecule has 5 N–H and O–H groups in total. The predicted molar refractivity (Wildman–Crippen MR) is 334 cm³/mol. The molecule has 0 aromatic heterocycles. The molecule has 4 unspecified atom stereocenters. The van der Waals surface area contributed by atoms with E-state index in [1.165, 1.54) is 257 Å². The van der Waals surface area contributed by atoms with Crippen molar-refractivity contribution in [2.24, 2.45) is 0 Å². The smallest absolute Gasteiger partial charge is 0.249 e. The van der Waals surface area contributed by atoms with Gasteiger partial charge in [0, 0.05) is 0 Å². The Morgan fingerprint density at radius 1 is 0.329 bits per heavy atom. The number of rotatable bonds is 62. The van der Waals surface area contributed by atoms with Crippen molar-refractivity contribution < 1.29 is 25.2 Å². The van der Waals surface area contributed by atoms with Crippen LogP contribution in [0.2, 0.25) is 0 Å². The fraction of sp³-hybridized carbons (Fsp3) is 0.843. The van der Waals surface area contributed by atoms with E-state index in [4.69, 9.17) is 0 Å². The lowest BCUT2D eigenvalue weighted by Gasteiger charge is -2.27. The highest BCUT2D eigenvalue weighted by Gasteiger charge is 2.28. The van der Waals surface area contributed by atoms with E-state index < -0.39 is 36.9 Å². The van der Waals surface area contributed by atoms with Crippen molar-refractivity contribution in [3.05, 3.63) is 60.8 Å². The molecule has 0 bridgehead atoms. The van der Waals surface area contributed by atoms with Crippen molar-refractivity contribution in [2.45, 2.75) is 372 Å². The first kappa shape index (κ1) is 74.0. The molecule has 0 saturated carbocycles. The van der Waals surface area contributed by atoms with Crippen molar-refractivity contribution in [2.75, 3.05) is 6.61 Å². The zero-order chi connectivity index (χ0) is 55.1. The lowest BCUT2D eigenvalue weighted by atomic mass is 10.00. The van der Waals surface area contributed by atoms with Crippen LogP contribution < -0.4 is 5.32 Å². The number of carbonyl (C=O) groups is 1. The molecule has 0 aliphatic heterocycles. The highest BCUT2D eigenvalue weighted by atomic mass is 16.3. The number of nitrogens with one attached hydrogen (secondary N) is 1. The number of hydrogen-bond acceptors (Lipinski definition) is 5. The molecule has 0 saturated heterocycles. The van der Waals surface area contributed by atoms with Crippen LogP contribution in [-0.2, 0) is 4.79 Å². The zero-order valence-electron chi connectivity index (χ0n) is 50.8. The van der Waals surface area contributed by atoms with Gasteiger partial charge in [0.15, 0.2) is 0 Å². The number of aliphatic hydroxyl groups is 4. The van der Waals surface area contributed by atoms with E-state index in [1.54, 1.807) is 0 Å². The molecule has 446 valence electrons. The van der Waals surface area contributed by atoms with Gasteiger partial charge in [-0.25, -0.2) is 0 Å². The van der Waals surface area contributed by atoms with E-state index in [2.05, 4.69) is 79.9 Å². The summed E-state index contributed by atoms with van der Waals surface area (Å²) in [4.78, 5) is 12.6. The maximum absolute atomic E-state index is 12.6. The van der Waals surface area contributed by atoms with Gasteiger partial charge in [0.2, 0.25) is 5.91 Å². The van der Waals surface area contributed by atoms with Crippen LogP contribution in [0.15, 0.2) is 60.8 Å². The van der Waals surface area contributed by atoms with Gasteiger partial charge in [-0.2, -0.15) is 0 Å². The van der Waals surface area contributed by atoms with Crippen LogP contribution in [0.25, 0.3) is 0 Å². The van der Waals surface area contributed by atoms with Gasteiger partial charge in [0.05, 0.1) is 18.8 Å². The van der Waals surface area contributed by atoms with E-state index in [0.717, 1.165) is 57.8 Å². The summed E-state index contributed by atoms with van der Waals surface area (Å²) in [5.74, 6) is -0.597. The molecule has 0 aliphatic rings. The molecule has 0 fully saturated rings. The summed E-state index contributed by atoms with van der Waals surface area (Å²) in [6, 6.07) is -1.02. The Morgan fingerprint density at radius 3 is 0.908 bits per heavy atom. The summed E-state index contributed by atoms with van der Waals surface area (Å²) in [5.41, 5.74) is 0. The van der Waals surface area contributed by atoms with Crippen LogP contribution in [0, 0.1) is 0 Å². The molecule has 0 rings (SSSR count). The zero-order valence-corrected chi connectivity index (χ0v) is 50.8. The van der Waals surface area contributed by atoms with Crippen molar-refractivity contribution in [3.63, 3.8) is 0 Å². The molecule has 6 nitrogen and oxygen atoms in total. The first-order valence-electron chi connectivity index (χ1n) is 33.7. The average molecular weight is 1070 g/mol. The minimum atomic E-state index is -1.30. The molecule has 0 spiro atoms. The minimum Gasteiger partial charge on any atom is -0.394 e. The number of unbranched alkanes of at least 4 members (excludes halogenated alkanes) is 43. The maximum atomic E-state index is 12.6. The molecule has 4 atom stereocenters. The first-order chi connectivity index (χ1) is 37.5. The molecule has 0 heterocycles. The third kappa shape index (κ3) is 56.7. The third-order valence-corrected chi connectivity index (χ3v) is 15.7. The summed E-state index contributed by atoms with van der Waals surface area (Å²) < 4.78 is 0. The first-order valence-corrected chi connectivity index (χ1v) is 33.7. The molecule has 1 amide bonds. The Labute approximate surface area is 473 Å². The van der Waals surface area contributed by atoms with Gasteiger partial charge in [0.25, 0.3) is 0 Å². The SMILES string of the molecule is CCCCCCCCCCC/C=C\C/C=C\CCCCCCCCCCCCCCCCC(O)C(=O)NC(CO)C(O)C(O)CCC/C=C/CC/C=C/CC/C=C/CCCCCCCCCCCCCCCCCCC. The van der Waals surface area contributed by atoms with Crippen LogP contribution in [0.1, 0.15) is 348 Å². The predicted octanol–water partition coefficient (Wildman–Crippen LogP) is 20.7. The van der Waals surface area contributed by atoms with E-state index in [1.807, 2.05) is 0 Å². The summed E-state index contributed by atoms with van der Waals surface area (Å²) in [7, 11) is 0. The second kappa shape index (κ2) is 63.8. The van der Waals surface area contributed by atoms with Gasteiger partial charge >= 0.3 is 0 Å². The topological polar surface area (TPSA) is 110 Å². The van der Waals surface area contributed by atoms with E-state index in [9.17, 15) is 25.2 Å². The average Bonchev–Trinajstić information content (AvgIpc) is 3.42. The van der Waals surface area contributed by atoms with Crippen LogP contribution in [-0.4, -0.2) is 57.3 Å². The second-order valence-electron chi connectivity index (χ2n) is 23.1. The van der Waals surface area contributed by atoms with Crippen molar-refractivity contribution >= 4 is 5.91 Å². The van der Waals surface area contributed by atoms with Gasteiger partial charge in [-0.15, -0.1) is 0 Å². The fourth-order valence-corrected chi connectivity index (χ4v) is 10.4. The maximum Gasteiger partial charge on any atom is 0.249 e. The van der Waals surface area contributed by atoms with Crippen molar-refractivity contribution in [3.8, 4) is 0 Å². The number of hydrogen-bond donors (Lipinski definition) is 5. The van der Waals surface area contributed by atoms with Crippen LogP contribution >= 0.6 is 0 Å². The van der Waals surface area contributed by atoms with Gasteiger partial charge in [-0.1, -0.05) is 312 Å². The lowest BCUT2D eigenvalue weighted by Crippen LogP contribution is -2.53. The second-order valence-corrected chi connectivity index (χ2v) is 23.1. The van der Waals surface area contributed by atoms with E-state index in [-0.39, 0.29) is 0 Å². The summed E-state index contributed by atoms with van der Waals surface area (Å²) in [6.07, 6.45) is 84.8. The van der Waals surface area contributed by atoms with E-state index in [0.29, 0.717) is 19.3 Å². The monoisotopic (exact) mass is 1070 g/mol. The Kier molecular flexibility index (Phi) is 62.2. The molecule has 76 heavy (non-hydrogen) atoms. The van der Waals surface area contributed by atoms with Gasteiger partial charge in [-0.3, -0.25) is 4.79 Å². The Balaban J connectivity index is 3.65. The number of aliphatic hydroxyl groups excluding tert-OH is 4. The van der Waals surface area contributed by atoms with Crippen LogP contribution in [0.3, 0.4) is 0 Å². The highest BCUT2D eigenvalue weighted by Crippen LogP contribution is 2.18. The van der Waals surface area contributed by atoms with Crippen molar-refractivity contribution in [1.29, 1.82) is 0 Å². The van der Waals surface area contributed by atoms with Crippen LogP contribution in [0.5, 0.6) is 0 Å². The van der Waals surface area contributed by atoms with Crippen molar-refractivity contribution in [1.82, 2.24) is 5.32 Å². The molecule has 0 aromatic carbocycles. The van der Waals surface area contributed by atoms with Gasteiger partial charge < -0.3 is 25.7 Å². The summed E-state index contributed by atoms with van der Waals surface area (Å²) >= 11 is 0. The summed E-state index contributed by atoms with van der Waals surface area (Å²) in [6.45, 7) is 4.08. The molecular formula is C70H131NO5. The molecular weight excluding hydrogens is 935 g/mol. The lowest BCUT2D eigenvalue weighted by molar-refractivity contribution is -0.132. The van der Waals surface area contributed by atoms with E-state index >= 15 is 0 Å². The Bertz CT molecular complexity index is 1290. The Morgan fingerprint density at radius 2 is 0.592 bits per heavy atom. The van der Waals surface area contributed by atoms with Gasteiger partial charge in [-0.05, 0) is 96.3 Å². The fourth-order valence-electron chi connectivity index (χ4n) is 10.4. The number of amides is 1. The number of allylic oxidation sites excluding steroid dienone is 10. The van der Waals surface area contributed by atoms with Gasteiger partial charge in [0.1, 0.15) is 12.2 Å². The molecule has 0 aliphatic carbocycles. The largest absolute Gasteiger partial charge is 0.394 e. The molecule has 0 radical (unpaired) electrons. The number of carbonyl (C=O) groups excluding carboxylic acids is 1. The minimum absolute atomic E-state index is 0.357. The third-order valence-electron chi connectivity index (χ3n) is 15.7. The summed E-state index contributed by atoms with van der Waals surface area (Å²) in [5, 5.41) is 44.1. The Hall–Kier alpha value is -1.99. The molecule has 6 heteroatoms. The van der Waals surface area contributed by atoms with Crippen LogP contribution in [0.4, 0.5) is 0 Å². The molecule has 0 aromatic rings. The highest BCUT2D eigenvalue weighted by molar-refractivity contribution is 5.80. The normalized spacial score (nSPS) is 13.9. The standard InChI is InChI=1S/C70H131NO5/c1-3-5-7-9-11-13-15-17-19-21-23-25-27-29-31-33-35-37-39-41-43-45-47-49-51-53-55-57-59-61-63-67(73)69(75)66(65-72)71-70(76)68(74)64-62-60-58-56-54-52-50-48-46-44-42-40-38-36-34-32-30-28-26-24-22-20-18-16-14-12-10-8-6-4-2/h24,26,30,32,39,41,47,49,55,57,66-69,72-75H,3-23,25,27-29,31,33-38,40,42-46,48,50-54,56,58-65H2,1-2H3,(H,71,76)/b26-24-,32-30-,41-39+,49-47+,57-55+. The quantitative estimate of drug-likeness (QED) is 0.0308.